The van der Waals surface area contributed by atoms with Crippen LogP contribution in [0.5, 0.6) is 0 Å². The lowest BCUT2D eigenvalue weighted by molar-refractivity contribution is -0.129. The molecule has 1 amide bonds. The molecule has 2 N–H and O–H groups in total. The van der Waals surface area contributed by atoms with Crippen molar-refractivity contribution in [3.63, 3.8) is 0 Å². The summed E-state index contributed by atoms with van der Waals surface area (Å²) in [7, 11) is 0. The van der Waals surface area contributed by atoms with Gasteiger partial charge in [0.2, 0.25) is 5.91 Å². The molecule has 98 valence electrons. The fourth-order valence-electron chi connectivity index (χ4n) is 2.61. The standard InChI is InChI=1S/C15H22N2O/c1-12-4-2-3-5-14(12)10-15(18)17-9-7-13(11-17)6-8-16/h2-5,13H,6-11,16H2,1H3. The molecule has 0 aliphatic carbocycles. The molecule has 0 spiro atoms. The van der Waals surface area contributed by atoms with Gasteiger partial charge in [-0.25, -0.2) is 0 Å². The number of hydrogen-bond donors (Lipinski definition) is 1. The molecule has 0 bridgehead atoms. The Bertz CT molecular complexity index is 417. The van der Waals surface area contributed by atoms with Crippen molar-refractivity contribution >= 4 is 5.91 Å². The number of nitrogens with zero attached hydrogens (tertiary/aromatic N) is 1. The van der Waals surface area contributed by atoms with E-state index in [2.05, 4.69) is 13.0 Å². The normalized spacial score (nSPS) is 19.2. The minimum atomic E-state index is 0.254. The molecule has 1 aliphatic heterocycles. The van der Waals surface area contributed by atoms with E-state index in [1.165, 1.54) is 5.56 Å². The maximum Gasteiger partial charge on any atom is 0.227 e. The van der Waals surface area contributed by atoms with Gasteiger partial charge in [-0.1, -0.05) is 24.3 Å². The molecule has 18 heavy (non-hydrogen) atoms. The Kier molecular flexibility index (Phi) is 4.37. The first-order valence-electron chi connectivity index (χ1n) is 6.73. The highest BCUT2D eigenvalue weighted by Gasteiger charge is 2.25. The van der Waals surface area contributed by atoms with Gasteiger partial charge in [-0.15, -0.1) is 0 Å². The Hall–Kier alpha value is -1.35. The van der Waals surface area contributed by atoms with Crippen LogP contribution >= 0.6 is 0 Å². The van der Waals surface area contributed by atoms with Crippen LogP contribution in [0.3, 0.4) is 0 Å². The molecular formula is C15H22N2O. The monoisotopic (exact) mass is 246 g/mol. The highest BCUT2D eigenvalue weighted by atomic mass is 16.2. The topological polar surface area (TPSA) is 46.3 Å². The minimum absolute atomic E-state index is 0.254. The van der Waals surface area contributed by atoms with Gasteiger partial charge in [0.15, 0.2) is 0 Å². The SMILES string of the molecule is Cc1ccccc1CC(=O)N1CCC(CCN)C1. The lowest BCUT2D eigenvalue weighted by atomic mass is 10.0. The lowest BCUT2D eigenvalue weighted by Crippen LogP contribution is -2.30. The molecule has 3 heteroatoms. The molecule has 0 radical (unpaired) electrons. The predicted octanol–water partition coefficient (Wildman–Crippen LogP) is 1.73. The lowest BCUT2D eigenvalue weighted by Gasteiger charge is -2.17. The van der Waals surface area contributed by atoms with E-state index >= 15 is 0 Å². The van der Waals surface area contributed by atoms with Crippen molar-refractivity contribution in [3.8, 4) is 0 Å². The van der Waals surface area contributed by atoms with Crippen molar-refractivity contribution in [2.45, 2.75) is 26.2 Å². The molecule has 1 unspecified atom stereocenters. The van der Waals surface area contributed by atoms with Crippen LogP contribution in [0.15, 0.2) is 24.3 Å². The maximum absolute atomic E-state index is 12.2. The highest BCUT2D eigenvalue weighted by Crippen LogP contribution is 2.20. The smallest absolute Gasteiger partial charge is 0.227 e. The summed E-state index contributed by atoms with van der Waals surface area (Å²) in [5.74, 6) is 0.861. The highest BCUT2D eigenvalue weighted by molar-refractivity contribution is 5.79. The van der Waals surface area contributed by atoms with Crippen LogP contribution in [0.4, 0.5) is 0 Å². The second-order valence-corrected chi connectivity index (χ2v) is 5.18. The van der Waals surface area contributed by atoms with Crippen molar-refractivity contribution in [1.82, 2.24) is 4.90 Å². The summed E-state index contributed by atoms with van der Waals surface area (Å²) >= 11 is 0. The van der Waals surface area contributed by atoms with Crippen molar-refractivity contribution in [3.05, 3.63) is 35.4 Å². The fraction of sp³-hybridized carbons (Fsp3) is 0.533. The molecule has 1 heterocycles. The predicted molar refractivity (Wildman–Crippen MR) is 73.2 cm³/mol. The zero-order valence-electron chi connectivity index (χ0n) is 11.1. The average molecular weight is 246 g/mol. The maximum atomic E-state index is 12.2. The number of carbonyl (C=O) groups excluding carboxylic acids is 1. The summed E-state index contributed by atoms with van der Waals surface area (Å²) in [6.45, 7) is 4.58. The van der Waals surface area contributed by atoms with E-state index in [0.29, 0.717) is 12.3 Å². The number of benzene rings is 1. The van der Waals surface area contributed by atoms with E-state index in [-0.39, 0.29) is 5.91 Å². The van der Waals surface area contributed by atoms with Gasteiger partial charge in [-0.05, 0) is 43.4 Å². The Morgan fingerprint density at radius 1 is 1.44 bits per heavy atom. The fourth-order valence-corrected chi connectivity index (χ4v) is 2.61. The quantitative estimate of drug-likeness (QED) is 0.879. The zero-order chi connectivity index (χ0) is 13.0. The number of rotatable bonds is 4. The Morgan fingerprint density at radius 2 is 2.22 bits per heavy atom. The third-order valence-electron chi connectivity index (χ3n) is 3.82. The van der Waals surface area contributed by atoms with Gasteiger partial charge in [0.05, 0.1) is 6.42 Å². The molecule has 1 atom stereocenters. The number of carbonyl (C=O) groups is 1. The van der Waals surface area contributed by atoms with Gasteiger partial charge in [-0.3, -0.25) is 4.79 Å². The van der Waals surface area contributed by atoms with Crippen molar-refractivity contribution in [2.24, 2.45) is 11.7 Å². The molecule has 1 aromatic carbocycles. The first kappa shape index (κ1) is 13.1. The van der Waals surface area contributed by atoms with Gasteiger partial charge < -0.3 is 10.6 Å². The minimum Gasteiger partial charge on any atom is -0.342 e. The molecule has 1 fully saturated rings. The molecule has 1 saturated heterocycles. The van der Waals surface area contributed by atoms with Crippen LogP contribution in [0.1, 0.15) is 24.0 Å². The van der Waals surface area contributed by atoms with Gasteiger partial charge in [0.1, 0.15) is 0 Å². The third kappa shape index (κ3) is 3.10. The largest absolute Gasteiger partial charge is 0.342 e. The van der Waals surface area contributed by atoms with E-state index in [1.54, 1.807) is 0 Å². The Labute approximate surface area is 109 Å². The second-order valence-electron chi connectivity index (χ2n) is 5.18. The Morgan fingerprint density at radius 3 is 2.94 bits per heavy atom. The first-order valence-corrected chi connectivity index (χ1v) is 6.73. The van der Waals surface area contributed by atoms with Gasteiger partial charge in [-0.2, -0.15) is 0 Å². The second kappa shape index (κ2) is 6.01. The van der Waals surface area contributed by atoms with E-state index in [9.17, 15) is 4.79 Å². The number of likely N-dealkylation sites (tertiary alicyclic amines) is 1. The van der Waals surface area contributed by atoms with E-state index in [0.717, 1.165) is 38.0 Å². The first-order chi connectivity index (χ1) is 8.70. The number of hydrogen-bond acceptors (Lipinski definition) is 2. The summed E-state index contributed by atoms with van der Waals surface area (Å²) in [5, 5.41) is 0. The molecule has 3 nitrogen and oxygen atoms in total. The number of aryl methyl sites for hydroxylation is 1. The zero-order valence-corrected chi connectivity index (χ0v) is 11.1. The van der Waals surface area contributed by atoms with Crippen LogP contribution in [0, 0.1) is 12.8 Å². The molecule has 0 saturated carbocycles. The van der Waals surface area contributed by atoms with Gasteiger partial charge in [0, 0.05) is 13.1 Å². The molecular weight excluding hydrogens is 224 g/mol. The number of amides is 1. The van der Waals surface area contributed by atoms with Crippen molar-refractivity contribution < 1.29 is 4.79 Å². The van der Waals surface area contributed by atoms with Crippen LogP contribution < -0.4 is 5.73 Å². The summed E-state index contributed by atoms with van der Waals surface area (Å²) in [6.07, 6.45) is 2.67. The summed E-state index contributed by atoms with van der Waals surface area (Å²) in [5.41, 5.74) is 7.91. The molecule has 2 rings (SSSR count). The van der Waals surface area contributed by atoms with Crippen LogP contribution in [-0.2, 0) is 11.2 Å². The molecule has 1 aliphatic rings. The van der Waals surface area contributed by atoms with E-state index < -0.39 is 0 Å². The van der Waals surface area contributed by atoms with Crippen molar-refractivity contribution in [1.29, 1.82) is 0 Å². The summed E-state index contributed by atoms with van der Waals surface area (Å²) in [6, 6.07) is 8.11. The Balaban J connectivity index is 1.91. The molecule has 0 aromatic heterocycles. The van der Waals surface area contributed by atoms with E-state index in [1.807, 2.05) is 23.1 Å². The third-order valence-corrected chi connectivity index (χ3v) is 3.82. The summed E-state index contributed by atoms with van der Waals surface area (Å²) in [4.78, 5) is 14.2. The van der Waals surface area contributed by atoms with E-state index in [4.69, 9.17) is 5.73 Å². The molecule has 1 aromatic rings. The summed E-state index contributed by atoms with van der Waals surface area (Å²) < 4.78 is 0. The van der Waals surface area contributed by atoms with Crippen LogP contribution in [0.2, 0.25) is 0 Å². The van der Waals surface area contributed by atoms with Gasteiger partial charge >= 0.3 is 0 Å². The van der Waals surface area contributed by atoms with Crippen LogP contribution in [0.25, 0.3) is 0 Å². The number of nitrogens with two attached hydrogens (primary N) is 1. The van der Waals surface area contributed by atoms with Crippen molar-refractivity contribution in [2.75, 3.05) is 19.6 Å². The van der Waals surface area contributed by atoms with Crippen LogP contribution in [-0.4, -0.2) is 30.4 Å². The van der Waals surface area contributed by atoms with Gasteiger partial charge in [0.25, 0.3) is 0 Å². The average Bonchev–Trinajstić information content (AvgIpc) is 2.81.